The monoisotopic (exact) mass is 243 g/mol. The standard InChI is InChI=1S/C11H9N5O2/c12-15-14-5-1-2-8-7-13-11-4-3-9(16(17)18)6-10(8)11/h1-4,6-7,13H,5H2. The lowest BCUT2D eigenvalue weighted by Gasteiger charge is -1.93. The molecule has 90 valence electrons. The average molecular weight is 243 g/mol. The molecule has 0 aliphatic carbocycles. The van der Waals surface area contributed by atoms with Gasteiger partial charge in [0.2, 0.25) is 0 Å². The third kappa shape index (κ3) is 2.31. The molecule has 0 saturated carbocycles. The van der Waals surface area contributed by atoms with Gasteiger partial charge in [0.15, 0.2) is 0 Å². The van der Waals surface area contributed by atoms with E-state index in [2.05, 4.69) is 15.0 Å². The van der Waals surface area contributed by atoms with Crippen LogP contribution < -0.4 is 0 Å². The van der Waals surface area contributed by atoms with Crippen molar-refractivity contribution < 1.29 is 4.92 Å². The van der Waals surface area contributed by atoms with E-state index in [0.29, 0.717) is 0 Å². The first-order valence-corrected chi connectivity index (χ1v) is 5.15. The first-order valence-electron chi connectivity index (χ1n) is 5.15. The molecular weight excluding hydrogens is 234 g/mol. The van der Waals surface area contributed by atoms with Gasteiger partial charge in [-0.1, -0.05) is 17.3 Å². The van der Waals surface area contributed by atoms with Crippen molar-refractivity contribution in [2.45, 2.75) is 0 Å². The summed E-state index contributed by atoms with van der Waals surface area (Å²) >= 11 is 0. The molecule has 1 aromatic heterocycles. The predicted molar refractivity (Wildman–Crippen MR) is 68.0 cm³/mol. The van der Waals surface area contributed by atoms with Gasteiger partial charge in [0.05, 0.1) is 4.92 Å². The molecule has 7 heteroatoms. The zero-order valence-electron chi connectivity index (χ0n) is 9.28. The van der Waals surface area contributed by atoms with E-state index in [1.165, 1.54) is 12.1 Å². The summed E-state index contributed by atoms with van der Waals surface area (Å²) in [6.45, 7) is 0.248. The van der Waals surface area contributed by atoms with Crippen LogP contribution >= 0.6 is 0 Å². The molecule has 0 bridgehead atoms. The van der Waals surface area contributed by atoms with Crippen LogP contribution in [0.4, 0.5) is 5.69 Å². The van der Waals surface area contributed by atoms with Gasteiger partial charge in [0, 0.05) is 40.7 Å². The number of rotatable bonds is 4. The fraction of sp³-hybridized carbons (Fsp3) is 0.0909. The predicted octanol–water partition coefficient (Wildman–Crippen LogP) is 3.40. The number of nitro benzene ring substituents is 1. The molecule has 2 aromatic rings. The molecular formula is C11H9N5O2. The van der Waals surface area contributed by atoms with Crippen molar-refractivity contribution in [1.82, 2.24) is 4.98 Å². The minimum atomic E-state index is -0.431. The van der Waals surface area contributed by atoms with E-state index in [1.807, 2.05) is 0 Å². The maximum atomic E-state index is 10.7. The summed E-state index contributed by atoms with van der Waals surface area (Å²) in [5.74, 6) is 0. The van der Waals surface area contributed by atoms with E-state index < -0.39 is 4.92 Å². The van der Waals surface area contributed by atoms with Gasteiger partial charge in [-0.15, -0.1) is 0 Å². The summed E-state index contributed by atoms with van der Waals surface area (Å²) in [5, 5.41) is 14.8. The highest BCUT2D eigenvalue weighted by Crippen LogP contribution is 2.24. The smallest absolute Gasteiger partial charge is 0.270 e. The Kier molecular flexibility index (Phi) is 3.26. The van der Waals surface area contributed by atoms with Crippen LogP contribution in [-0.2, 0) is 0 Å². The minimum absolute atomic E-state index is 0.0480. The van der Waals surface area contributed by atoms with Gasteiger partial charge in [-0.3, -0.25) is 10.1 Å². The lowest BCUT2D eigenvalue weighted by Crippen LogP contribution is -1.86. The molecule has 0 spiro atoms. The van der Waals surface area contributed by atoms with Crippen LogP contribution in [-0.4, -0.2) is 16.5 Å². The van der Waals surface area contributed by atoms with Gasteiger partial charge in [0.25, 0.3) is 5.69 Å². The first-order chi connectivity index (χ1) is 8.72. The highest BCUT2D eigenvalue weighted by molar-refractivity contribution is 5.90. The summed E-state index contributed by atoms with van der Waals surface area (Å²) in [6.07, 6.45) is 5.21. The number of fused-ring (bicyclic) bond motifs is 1. The molecule has 1 N–H and O–H groups in total. The Hall–Kier alpha value is -2.79. The van der Waals surface area contributed by atoms with Gasteiger partial charge in [-0.05, 0) is 17.2 Å². The Morgan fingerprint density at radius 1 is 1.56 bits per heavy atom. The van der Waals surface area contributed by atoms with Gasteiger partial charge >= 0.3 is 0 Å². The fourth-order valence-electron chi connectivity index (χ4n) is 1.64. The maximum Gasteiger partial charge on any atom is 0.270 e. The minimum Gasteiger partial charge on any atom is -0.361 e. The number of non-ortho nitro benzene ring substituents is 1. The summed E-state index contributed by atoms with van der Waals surface area (Å²) < 4.78 is 0. The van der Waals surface area contributed by atoms with Crippen LogP contribution in [0.1, 0.15) is 5.56 Å². The summed E-state index contributed by atoms with van der Waals surface area (Å²) in [5.41, 5.74) is 9.83. The lowest BCUT2D eigenvalue weighted by atomic mass is 10.1. The normalized spacial score (nSPS) is 10.7. The molecule has 0 unspecified atom stereocenters. The van der Waals surface area contributed by atoms with E-state index in [0.717, 1.165) is 16.5 Å². The third-order valence-corrected chi connectivity index (χ3v) is 2.46. The molecule has 0 atom stereocenters. The van der Waals surface area contributed by atoms with Crippen molar-refractivity contribution in [3.8, 4) is 0 Å². The SMILES string of the molecule is [N-]=[N+]=NCC=Cc1c[nH]c2ccc([N+](=O)[O-])cc12. The Morgan fingerprint density at radius 2 is 2.39 bits per heavy atom. The van der Waals surface area contributed by atoms with Gasteiger partial charge in [-0.2, -0.15) is 0 Å². The molecule has 18 heavy (non-hydrogen) atoms. The van der Waals surface area contributed by atoms with Crippen molar-refractivity contribution in [2.24, 2.45) is 5.11 Å². The number of nitro groups is 1. The molecule has 7 nitrogen and oxygen atoms in total. The van der Waals surface area contributed by atoms with Crippen LogP contribution in [0, 0.1) is 10.1 Å². The van der Waals surface area contributed by atoms with Crippen LogP contribution in [0.3, 0.4) is 0 Å². The van der Waals surface area contributed by atoms with Crippen LogP contribution in [0.25, 0.3) is 27.4 Å². The number of azide groups is 1. The topological polar surface area (TPSA) is 108 Å². The molecule has 0 amide bonds. The Bertz CT molecular complexity index is 667. The van der Waals surface area contributed by atoms with Crippen molar-refractivity contribution in [3.63, 3.8) is 0 Å². The largest absolute Gasteiger partial charge is 0.361 e. The Balaban J connectivity index is 2.39. The molecule has 0 aliphatic rings. The van der Waals surface area contributed by atoms with Crippen molar-refractivity contribution in [2.75, 3.05) is 6.54 Å². The number of hydrogen-bond acceptors (Lipinski definition) is 3. The van der Waals surface area contributed by atoms with Gasteiger partial charge in [-0.25, -0.2) is 0 Å². The number of nitrogens with one attached hydrogen (secondary N) is 1. The van der Waals surface area contributed by atoms with Crippen LogP contribution in [0.5, 0.6) is 0 Å². The molecule has 1 heterocycles. The van der Waals surface area contributed by atoms with E-state index in [9.17, 15) is 10.1 Å². The number of H-pyrrole nitrogens is 1. The highest BCUT2D eigenvalue weighted by atomic mass is 16.6. The van der Waals surface area contributed by atoms with Gasteiger partial charge < -0.3 is 4.98 Å². The van der Waals surface area contributed by atoms with Gasteiger partial charge in [0.1, 0.15) is 0 Å². The zero-order chi connectivity index (χ0) is 13.0. The number of hydrogen-bond donors (Lipinski definition) is 1. The molecule has 0 radical (unpaired) electrons. The summed E-state index contributed by atoms with van der Waals surface area (Å²) in [6, 6.07) is 4.63. The molecule has 0 fully saturated rings. The number of nitrogens with zero attached hydrogens (tertiary/aromatic N) is 4. The summed E-state index contributed by atoms with van der Waals surface area (Å²) in [4.78, 5) is 15.9. The summed E-state index contributed by atoms with van der Waals surface area (Å²) in [7, 11) is 0. The Labute approximate surface area is 102 Å². The first kappa shape index (κ1) is 11.7. The number of aromatic nitrogens is 1. The average Bonchev–Trinajstić information content (AvgIpc) is 2.77. The molecule has 0 saturated heterocycles. The second kappa shape index (κ2) is 5.03. The molecule has 0 aliphatic heterocycles. The number of benzene rings is 1. The second-order valence-electron chi connectivity index (χ2n) is 3.55. The van der Waals surface area contributed by atoms with Crippen LogP contribution in [0.15, 0.2) is 35.6 Å². The number of aromatic amines is 1. The maximum absolute atomic E-state index is 10.7. The highest BCUT2D eigenvalue weighted by Gasteiger charge is 2.08. The van der Waals surface area contributed by atoms with E-state index in [4.69, 9.17) is 5.53 Å². The van der Waals surface area contributed by atoms with Crippen molar-refractivity contribution in [3.05, 3.63) is 56.6 Å². The quantitative estimate of drug-likeness (QED) is 0.292. The van der Waals surface area contributed by atoms with E-state index in [-0.39, 0.29) is 12.2 Å². The third-order valence-electron chi connectivity index (χ3n) is 2.46. The fourth-order valence-corrected chi connectivity index (χ4v) is 1.64. The molecule has 2 rings (SSSR count). The van der Waals surface area contributed by atoms with E-state index >= 15 is 0 Å². The van der Waals surface area contributed by atoms with Crippen molar-refractivity contribution in [1.29, 1.82) is 0 Å². The second-order valence-corrected chi connectivity index (χ2v) is 3.55. The molecule has 1 aromatic carbocycles. The zero-order valence-corrected chi connectivity index (χ0v) is 9.28. The Morgan fingerprint density at radius 3 is 3.11 bits per heavy atom. The lowest BCUT2D eigenvalue weighted by molar-refractivity contribution is -0.384. The van der Waals surface area contributed by atoms with Crippen LogP contribution in [0.2, 0.25) is 0 Å². The van der Waals surface area contributed by atoms with E-state index in [1.54, 1.807) is 24.4 Å². The van der Waals surface area contributed by atoms with Crippen molar-refractivity contribution >= 4 is 22.7 Å².